The summed E-state index contributed by atoms with van der Waals surface area (Å²) in [6, 6.07) is 5.09. The highest BCUT2D eigenvalue weighted by Gasteiger charge is 2.29. The highest BCUT2D eigenvalue weighted by molar-refractivity contribution is 7.89. The lowest BCUT2D eigenvalue weighted by molar-refractivity contribution is -0.133. The average molecular weight is 479 g/mol. The summed E-state index contributed by atoms with van der Waals surface area (Å²) in [4.78, 5) is 27.7. The lowest BCUT2D eigenvalue weighted by atomic mass is 10.0. The molecule has 33 heavy (non-hydrogen) atoms. The quantitative estimate of drug-likeness (QED) is 0.562. The number of likely N-dealkylation sites (N-methyl/N-ethyl adjacent to an activating group) is 1. The van der Waals surface area contributed by atoms with E-state index in [1.54, 1.807) is 27.8 Å². The second-order valence-corrected chi connectivity index (χ2v) is 10.2. The molecule has 0 radical (unpaired) electrons. The summed E-state index contributed by atoms with van der Waals surface area (Å²) in [5.74, 6) is -0.311. The molecule has 1 unspecified atom stereocenters. The van der Waals surface area contributed by atoms with Crippen LogP contribution >= 0.6 is 0 Å². The number of amides is 2. The van der Waals surface area contributed by atoms with E-state index in [2.05, 4.69) is 10.5 Å². The maximum absolute atomic E-state index is 13.2. The lowest BCUT2D eigenvalue weighted by Gasteiger charge is -2.27. The Morgan fingerprint density at radius 2 is 1.79 bits per heavy atom. The zero-order chi connectivity index (χ0) is 24.9. The third-order valence-electron chi connectivity index (χ3n) is 5.61. The molecule has 0 fully saturated rings. The number of aryl methyl sites for hydroxylation is 2. The molecule has 1 atom stereocenters. The molecule has 0 saturated carbocycles. The molecule has 1 aromatic heterocycles. The van der Waals surface area contributed by atoms with Gasteiger partial charge in [-0.2, -0.15) is 4.31 Å². The Morgan fingerprint density at radius 1 is 1.15 bits per heavy atom. The molecule has 0 aliphatic rings. The molecule has 2 aromatic rings. The summed E-state index contributed by atoms with van der Waals surface area (Å²) >= 11 is 0. The van der Waals surface area contributed by atoms with Crippen LogP contribution in [0.3, 0.4) is 0 Å². The van der Waals surface area contributed by atoms with Crippen molar-refractivity contribution < 1.29 is 22.5 Å². The first-order chi connectivity index (χ1) is 15.4. The van der Waals surface area contributed by atoms with E-state index < -0.39 is 22.0 Å². The number of benzene rings is 1. The minimum Gasteiger partial charge on any atom is -0.361 e. The summed E-state index contributed by atoms with van der Waals surface area (Å²) in [6.45, 7) is 11.8. The first kappa shape index (κ1) is 26.5. The summed E-state index contributed by atoms with van der Waals surface area (Å²) in [6.07, 6.45) is 0. The van der Waals surface area contributed by atoms with Gasteiger partial charge >= 0.3 is 0 Å². The van der Waals surface area contributed by atoms with Gasteiger partial charge in [0.05, 0.1) is 17.1 Å². The van der Waals surface area contributed by atoms with Gasteiger partial charge in [0.25, 0.3) is 5.91 Å². The molecule has 0 saturated heterocycles. The number of carbonyl (C=O) groups excluding carboxylic acids is 2. The minimum absolute atomic E-state index is 0.0433. The number of hydrogen-bond donors (Lipinski definition) is 1. The van der Waals surface area contributed by atoms with Gasteiger partial charge in [0.1, 0.15) is 11.8 Å². The maximum Gasteiger partial charge on any atom is 0.251 e. The minimum atomic E-state index is -3.71. The number of aromatic nitrogens is 1. The van der Waals surface area contributed by atoms with Crippen molar-refractivity contribution >= 4 is 21.8 Å². The Balaban J connectivity index is 2.23. The molecule has 0 aliphatic carbocycles. The Labute approximate surface area is 196 Å². The number of sulfonamides is 1. The fourth-order valence-corrected chi connectivity index (χ4v) is 5.03. The van der Waals surface area contributed by atoms with E-state index in [9.17, 15) is 18.0 Å². The number of carbonyl (C=O) groups is 2. The molecule has 10 heteroatoms. The van der Waals surface area contributed by atoms with Crippen molar-refractivity contribution in [1.82, 2.24) is 19.7 Å². The van der Waals surface area contributed by atoms with E-state index >= 15 is 0 Å². The van der Waals surface area contributed by atoms with Crippen molar-refractivity contribution in [3.8, 4) is 0 Å². The highest BCUT2D eigenvalue weighted by atomic mass is 32.2. The van der Waals surface area contributed by atoms with Crippen LogP contribution in [0.2, 0.25) is 0 Å². The van der Waals surface area contributed by atoms with Crippen molar-refractivity contribution in [2.45, 2.75) is 59.0 Å². The van der Waals surface area contributed by atoms with Gasteiger partial charge in [-0.15, -0.1) is 0 Å². The van der Waals surface area contributed by atoms with Crippen LogP contribution in [-0.2, 0) is 21.4 Å². The van der Waals surface area contributed by atoms with Gasteiger partial charge in [0.2, 0.25) is 15.9 Å². The third kappa shape index (κ3) is 6.00. The van der Waals surface area contributed by atoms with Crippen LogP contribution in [0.15, 0.2) is 33.7 Å². The van der Waals surface area contributed by atoms with Crippen LogP contribution in [0.1, 0.15) is 55.1 Å². The van der Waals surface area contributed by atoms with Gasteiger partial charge in [-0.25, -0.2) is 8.42 Å². The molecule has 0 spiro atoms. The van der Waals surface area contributed by atoms with E-state index in [1.807, 2.05) is 20.8 Å². The van der Waals surface area contributed by atoms with Crippen LogP contribution < -0.4 is 5.32 Å². The van der Waals surface area contributed by atoms with Gasteiger partial charge in [-0.3, -0.25) is 9.59 Å². The molecule has 1 aromatic carbocycles. The van der Waals surface area contributed by atoms with Crippen LogP contribution in [0, 0.1) is 19.8 Å². The summed E-state index contributed by atoms with van der Waals surface area (Å²) in [7, 11) is -2.05. The Morgan fingerprint density at radius 3 is 2.30 bits per heavy atom. The van der Waals surface area contributed by atoms with Crippen LogP contribution in [0.5, 0.6) is 0 Å². The molecule has 2 amide bonds. The summed E-state index contributed by atoms with van der Waals surface area (Å²) in [5.41, 5.74) is 1.72. The Bertz CT molecular complexity index is 1070. The van der Waals surface area contributed by atoms with E-state index in [0.29, 0.717) is 31.1 Å². The zero-order valence-corrected chi connectivity index (χ0v) is 21.2. The largest absolute Gasteiger partial charge is 0.361 e. The smallest absolute Gasteiger partial charge is 0.251 e. The number of hydrogen-bond acceptors (Lipinski definition) is 6. The highest BCUT2D eigenvalue weighted by Crippen LogP contribution is 2.19. The summed E-state index contributed by atoms with van der Waals surface area (Å²) in [5, 5.41) is 6.69. The zero-order valence-electron chi connectivity index (χ0n) is 20.4. The van der Waals surface area contributed by atoms with Gasteiger partial charge in [0.15, 0.2) is 0 Å². The molecule has 182 valence electrons. The Kier molecular flexibility index (Phi) is 8.79. The molecular weight excluding hydrogens is 444 g/mol. The predicted octanol–water partition coefficient (Wildman–Crippen LogP) is 2.73. The van der Waals surface area contributed by atoms with E-state index in [-0.39, 0.29) is 22.3 Å². The topological polar surface area (TPSA) is 113 Å². The van der Waals surface area contributed by atoms with E-state index in [4.69, 9.17) is 4.52 Å². The molecule has 2 rings (SSSR count). The van der Waals surface area contributed by atoms with E-state index in [0.717, 1.165) is 5.56 Å². The van der Waals surface area contributed by atoms with Gasteiger partial charge in [-0.1, -0.05) is 38.9 Å². The fourth-order valence-electron chi connectivity index (χ4n) is 3.53. The average Bonchev–Trinajstić information content (AvgIpc) is 3.09. The van der Waals surface area contributed by atoms with Gasteiger partial charge < -0.3 is 14.7 Å². The standard InChI is InChI=1S/C23H34N4O5S/c1-8-27(9-2)33(30,31)19-12-10-11-18(13-19)22(28)24-21(15(3)4)23(29)26(7)14-20-16(5)25-32-17(20)6/h10-13,15,21H,8-9,14H2,1-7H3,(H,24,28). The van der Waals surface area contributed by atoms with Crippen LogP contribution in [0.25, 0.3) is 0 Å². The van der Waals surface area contributed by atoms with Crippen molar-refractivity contribution in [2.75, 3.05) is 20.1 Å². The first-order valence-electron chi connectivity index (χ1n) is 11.0. The number of nitrogens with one attached hydrogen (secondary N) is 1. The molecule has 9 nitrogen and oxygen atoms in total. The van der Waals surface area contributed by atoms with E-state index in [1.165, 1.54) is 33.5 Å². The van der Waals surface area contributed by atoms with Crippen molar-refractivity contribution in [3.63, 3.8) is 0 Å². The molecule has 0 bridgehead atoms. The Hall–Kier alpha value is -2.72. The normalized spacial score (nSPS) is 12.8. The third-order valence-corrected chi connectivity index (χ3v) is 7.66. The second-order valence-electron chi connectivity index (χ2n) is 8.31. The fraction of sp³-hybridized carbons (Fsp3) is 0.522. The predicted molar refractivity (Wildman–Crippen MR) is 125 cm³/mol. The number of rotatable bonds is 10. The SMILES string of the molecule is CCN(CC)S(=O)(=O)c1cccc(C(=O)NC(C(=O)N(C)Cc2c(C)noc2C)C(C)C)c1. The van der Waals surface area contributed by atoms with Crippen LogP contribution in [-0.4, -0.2) is 60.8 Å². The maximum atomic E-state index is 13.2. The van der Waals surface area contributed by atoms with Gasteiger partial charge in [0, 0.05) is 31.3 Å². The molecular formula is C23H34N4O5S. The van der Waals surface area contributed by atoms with Crippen molar-refractivity contribution in [1.29, 1.82) is 0 Å². The molecule has 1 N–H and O–H groups in total. The monoisotopic (exact) mass is 478 g/mol. The first-order valence-corrected chi connectivity index (χ1v) is 12.5. The molecule has 0 aliphatic heterocycles. The van der Waals surface area contributed by atoms with Crippen molar-refractivity contribution in [3.05, 3.63) is 46.8 Å². The van der Waals surface area contributed by atoms with Crippen molar-refractivity contribution in [2.24, 2.45) is 5.92 Å². The number of nitrogens with zero attached hydrogens (tertiary/aromatic N) is 3. The lowest BCUT2D eigenvalue weighted by Crippen LogP contribution is -2.50. The van der Waals surface area contributed by atoms with Crippen LogP contribution in [0.4, 0.5) is 0 Å². The van der Waals surface area contributed by atoms with Gasteiger partial charge in [-0.05, 0) is 38.0 Å². The second kappa shape index (κ2) is 10.9. The summed E-state index contributed by atoms with van der Waals surface area (Å²) < 4.78 is 32.1. The molecule has 1 heterocycles.